The highest BCUT2D eigenvalue weighted by Gasteiger charge is 2.06. The van der Waals surface area contributed by atoms with E-state index < -0.39 is 6.09 Å². The van der Waals surface area contributed by atoms with E-state index in [1.54, 1.807) is 18.5 Å². The van der Waals surface area contributed by atoms with Gasteiger partial charge in [0.05, 0.1) is 6.54 Å². The minimum Gasteiger partial charge on any atom is -0.448 e. The van der Waals surface area contributed by atoms with Crippen LogP contribution in [-0.2, 0) is 4.74 Å². The number of carbonyl (C=O) groups excluding carboxylic acids is 1. The third-order valence-corrected chi connectivity index (χ3v) is 2.10. The van der Waals surface area contributed by atoms with E-state index in [0.717, 1.165) is 0 Å². The van der Waals surface area contributed by atoms with Crippen LogP contribution in [0.4, 0.5) is 10.7 Å². The van der Waals surface area contributed by atoms with Gasteiger partial charge in [0, 0.05) is 12.4 Å². The molecule has 2 aromatic rings. The van der Waals surface area contributed by atoms with Crippen molar-refractivity contribution in [2.45, 2.75) is 0 Å². The first-order valence-electron chi connectivity index (χ1n) is 5.23. The topological polar surface area (TPSA) is 121 Å². The lowest BCUT2D eigenvalue weighted by molar-refractivity contribution is 0.161. The molecule has 0 saturated heterocycles. The number of nitrogens with one attached hydrogen (secondary N) is 1. The molecule has 0 atom stereocenters. The van der Waals surface area contributed by atoms with E-state index in [1.807, 2.05) is 0 Å². The zero-order valence-electron chi connectivity index (χ0n) is 9.65. The number of anilines is 1. The summed E-state index contributed by atoms with van der Waals surface area (Å²) in [5, 5.41) is 6.83. The predicted molar refractivity (Wildman–Crippen MR) is 66.0 cm³/mol. The molecule has 10 heteroatoms. The number of carbonyl (C=O) groups is 1. The third-order valence-electron chi connectivity index (χ3n) is 1.94. The Labute approximate surface area is 112 Å². The first-order chi connectivity index (χ1) is 9.15. The lowest BCUT2D eigenvalue weighted by Gasteiger charge is -2.06. The summed E-state index contributed by atoms with van der Waals surface area (Å²) in [6, 6.07) is 1.73. The SMILES string of the molecule is NC(=O)OCCNc1nc(Cl)nc(-n2cccn2)n1. The summed E-state index contributed by atoms with van der Waals surface area (Å²) in [7, 11) is 0. The van der Waals surface area contributed by atoms with Crippen LogP contribution in [0, 0.1) is 0 Å². The van der Waals surface area contributed by atoms with Gasteiger partial charge in [0.25, 0.3) is 5.95 Å². The fraction of sp³-hybridized carbons (Fsp3) is 0.222. The molecule has 100 valence electrons. The van der Waals surface area contributed by atoms with Crippen LogP contribution in [0.25, 0.3) is 5.95 Å². The molecule has 19 heavy (non-hydrogen) atoms. The molecule has 0 aliphatic rings. The number of primary amides is 1. The van der Waals surface area contributed by atoms with E-state index in [1.165, 1.54) is 4.68 Å². The molecular weight excluding hydrogens is 274 g/mol. The summed E-state index contributed by atoms with van der Waals surface area (Å²) in [5.74, 6) is 0.530. The summed E-state index contributed by atoms with van der Waals surface area (Å²) < 4.78 is 5.99. The maximum absolute atomic E-state index is 10.4. The molecule has 0 aliphatic carbocycles. The summed E-state index contributed by atoms with van der Waals surface area (Å²) >= 11 is 5.78. The number of aromatic nitrogens is 5. The number of nitrogens with two attached hydrogens (primary N) is 1. The Kier molecular flexibility index (Phi) is 4.08. The number of ether oxygens (including phenoxy) is 1. The molecule has 3 N–H and O–H groups in total. The van der Waals surface area contributed by atoms with Crippen LogP contribution in [-0.4, -0.2) is 44.0 Å². The van der Waals surface area contributed by atoms with Crippen LogP contribution in [0.3, 0.4) is 0 Å². The summed E-state index contributed by atoms with van der Waals surface area (Å²) in [6.07, 6.45) is 2.42. The van der Waals surface area contributed by atoms with Gasteiger partial charge in [-0.05, 0) is 17.7 Å². The molecule has 1 amide bonds. The minimum absolute atomic E-state index is 0.0267. The molecule has 0 radical (unpaired) electrons. The quantitative estimate of drug-likeness (QED) is 0.753. The minimum atomic E-state index is -0.840. The van der Waals surface area contributed by atoms with Gasteiger partial charge in [-0.25, -0.2) is 9.48 Å². The first-order valence-corrected chi connectivity index (χ1v) is 5.60. The molecule has 0 saturated carbocycles. The molecule has 2 heterocycles. The van der Waals surface area contributed by atoms with Crippen molar-refractivity contribution in [3.05, 3.63) is 23.7 Å². The Hall–Kier alpha value is -2.42. The van der Waals surface area contributed by atoms with Crippen LogP contribution in [0.1, 0.15) is 0 Å². The highest BCUT2D eigenvalue weighted by Crippen LogP contribution is 2.08. The second-order valence-electron chi connectivity index (χ2n) is 3.27. The van der Waals surface area contributed by atoms with E-state index in [2.05, 4.69) is 30.1 Å². The number of nitrogens with zero attached hydrogens (tertiary/aromatic N) is 5. The number of hydrogen-bond acceptors (Lipinski definition) is 7. The monoisotopic (exact) mass is 283 g/mol. The fourth-order valence-corrected chi connectivity index (χ4v) is 1.38. The van der Waals surface area contributed by atoms with Crippen LogP contribution in [0.2, 0.25) is 5.28 Å². The standard InChI is InChI=1S/C9H10ClN7O2/c10-6-14-8(12-3-5-19-7(11)18)16-9(15-6)17-4-1-2-13-17/h1-2,4H,3,5H2,(H2,11,18)(H,12,14,15,16). The van der Waals surface area contributed by atoms with Crippen molar-refractivity contribution in [2.24, 2.45) is 5.73 Å². The number of halogens is 1. The van der Waals surface area contributed by atoms with Gasteiger partial charge >= 0.3 is 6.09 Å². The lowest BCUT2D eigenvalue weighted by Crippen LogP contribution is -2.19. The van der Waals surface area contributed by atoms with E-state index in [4.69, 9.17) is 17.3 Å². The van der Waals surface area contributed by atoms with E-state index in [0.29, 0.717) is 6.54 Å². The van der Waals surface area contributed by atoms with Gasteiger partial charge in [-0.3, -0.25) is 0 Å². The van der Waals surface area contributed by atoms with Gasteiger partial charge < -0.3 is 15.8 Å². The first kappa shape index (κ1) is 13.0. The summed E-state index contributed by atoms with van der Waals surface area (Å²) in [5.41, 5.74) is 4.82. The van der Waals surface area contributed by atoms with Gasteiger partial charge in [0.15, 0.2) is 0 Å². The van der Waals surface area contributed by atoms with Crippen molar-refractivity contribution >= 4 is 23.6 Å². The van der Waals surface area contributed by atoms with Crippen LogP contribution in [0.5, 0.6) is 0 Å². The van der Waals surface area contributed by atoms with Crippen molar-refractivity contribution in [2.75, 3.05) is 18.5 Å². The Bertz CT molecular complexity index is 560. The molecule has 0 bridgehead atoms. The molecule has 0 spiro atoms. The third kappa shape index (κ3) is 3.78. The van der Waals surface area contributed by atoms with Crippen molar-refractivity contribution in [1.29, 1.82) is 0 Å². The Morgan fingerprint density at radius 2 is 2.32 bits per heavy atom. The summed E-state index contributed by atoms with van der Waals surface area (Å²) in [4.78, 5) is 22.3. The van der Waals surface area contributed by atoms with Crippen LogP contribution >= 0.6 is 11.6 Å². The van der Waals surface area contributed by atoms with E-state index in [-0.39, 0.29) is 23.8 Å². The maximum Gasteiger partial charge on any atom is 0.404 e. The molecule has 2 aromatic heterocycles. The molecule has 0 aliphatic heterocycles. The Morgan fingerprint density at radius 3 is 3.00 bits per heavy atom. The largest absolute Gasteiger partial charge is 0.448 e. The highest BCUT2D eigenvalue weighted by atomic mass is 35.5. The molecule has 2 rings (SSSR count). The van der Waals surface area contributed by atoms with Gasteiger partial charge in [0.1, 0.15) is 6.61 Å². The highest BCUT2D eigenvalue weighted by molar-refractivity contribution is 6.28. The van der Waals surface area contributed by atoms with Gasteiger partial charge in [-0.1, -0.05) is 0 Å². The number of amides is 1. The van der Waals surface area contributed by atoms with Crippen LogP contribution < -0.4 is 11.1 Å². The molecule has 0 unspecified atom stereocenters. The maximum atomic E-state index is 10.4. The number of rotatable bonds is 5. The molecule has 0 aromatic carbocycles. The summed E-state index contributed by atoms with van der Waals surface area (Å²) in [6.45, 7) is 0.386. The van der Waals surface area contributed by atoms with Gasteiger partial charge in [-0.2, -0.15) is 20.1 Å². The zero-order chi connectivity index (χ0) is 13.7. The Morgan fingerprint density at radius 1 is 1.47 bits per heavy atom. The van der Waals surface area contributed by atoms with Crippen molar-refractivity contribution < 1.29 is 9.53 Å². The van der Waals surface area contributed by atoms with Crippen molar-refractivity contribution in [1.82, 2.24) is 24.7 Å². The molecule has 9 nitrogen and oxygen atoms in total. The normalized spacial score (nSPS) is 10.2. The second-order valence-corrected chi connectivity index (χ2v) is 3.61. The van der Waals surface area contributed by atoms with E-state index in [9.17, 15) is 4.79 Å². The smallest absolute Gasteiger partial charge is 0.404 e. The fourth-order valence-electron chi connectivity index (χ4n) is 1.22. The van der Waals surface area contributed by atoms with E-state index >= 15 is 0 Å². The average Bonchev–Trinajstić information content (AvgIpc) is 2.87. The second kappa shape index (κ2) is 5.96. The Balaban J connectivity index is 2.03. The lowest BCUT2D eigenvalue weighted by atomic mass is 10.7. The van der Waals surface area contributed by atoms with Gasteiger partial charge in [-0.15, -0.1) is 0 Å². The molecular formula is C9H10ClN7O2. The zero-order valence-corrected chi connectivity index (χ0v) is 10.4. The van der Waals surface area contributed by atoms with Gasteiger partial charge in [0.2, 0.25) is 11.2 Å². The van der Waals surface area contributed by atoms with Crippen molar-refractivity contribution in [3.8, 4) is 5.95 Å². The number of hydrogen-bond donors (Lipinski definition) is 2. The average molecular weight is 284 g/mol. The van der Waals surface area contributed by atoms with Crippen molar-refractivity contribution in [3.63, 3.8) is 0 Å². The van der Waals surface area contributed by atoms with Crippen LogP contribution in [0.15, 0.2) is 18.5 Å². The predicted octanol–water partition coefficient (Wildman–Crippen LogP) is 0.218. The molecule has 0 fully saturated rings.